The topological polar surface area (TPSA) is 101 Å². The number of carbonyl (C=O) groups is 2. The van der Waals surface area contributed by atoms with Gasteiger partial charge in [-0.05, 0) is 23.3 Å². The van der Waals surface area contributed by atoms with Gasteiger partial charge in [0.1, 0.15) is 11.6 Å². The van der Waals surface area contributed by atoms with E-state index in [0.29, 0.717) is 11.1 Å². The minimum Gasteiger partial charge on any atom is -0.481 e. The Morgan fingerprint density at radius 2 is 1.62 bits per heavy atom. The second-order valence-corrected chi connectivity index (χ2v) is 4.97. The van der Waals surface area contributed by atoms with Gasteiger partial charge in [-0.1, -0.05) is 24.3 Å². The highest BCUT2D eigenvalue weighted by molar-refractivity contribution is 5.68. The van der Waals surface area contributed by atoms with E-state index in [1.807, 2.05) is 0 Å². The lowest BCUT2D eigenvalue weighted by Crippen LogP contribution is -2.14. The zero-order valence-electron chi connectivity index (χ0n) is 12.9. The Labute approximate surface area is 137 Å². The van der Waals surface area contributed by atoms with Gasteiger partial charge in [0.15, 0.2) is 0 Å². The van der Waals surface area contributed by atoms with E-state index < -0.39 is 29.6 Å². The number of carboxylic acids is 2. The number of rotatable bonds is 4. The number of aliphatic carboxylic acids is 2. The highest BCUT2D eigenvalue weighted by Crippen LogP contribution is 2.25. The van der Waals surface area contributed by atoms with Crippen LogP contribution in [0.5, 0.6) is 0 Å². The molecular formula is C17H17F2NO4. The average Bonchev–Trinajstić information content (AvgIpc) is 2.46. The molecular weight excluding hydrogens is 320 g/mol. The fourth-order valence-corrected chi connectivity index (χ4v) is 1.94. The molecule has 0 aliphatic carbocycles. The van der Waals surface area contributed by atoms with E-state index in [4.69, 9.17) is 20.7 Å². The summed E-state index contributed by atoms with van der Waals surface area (Å²) in [5.74, 6) is -3.09. The molecule has 0 amide bonds. The maximum absolute atomic E-state index is 13.6. The van der Waals surface area contributed by atoms with Gasteiger partial charge in [0.2, 0.25) is 0 Å². The van der Waals surface area contributed by atoms with Crippen molar-refractivity contribution in [2.24, 2.45) is 5.73 Å². The predicted octanol–water partition coefficient (Wildman–Crippen LogP) is 3.20. The number of halogens is 2. The number of benzene rings is 2. The molecule has 0 bridgehead atoms. The van der Waals surface area contributed by atoms with Crippen LogP contribution in [0.1, 0.15) is 24.9 Å². The first-order valence-corrected chi connectivity index (χ1v) is 6.93. The molecule has 0 radical (unpaired) electrons. The summed E-state index contributed by atoms with van der Waals surface area (Å²) in [5, 5.41) is 16.1. The molecule has 0 saturated carbocycles. The summed E-state index contributed by atoms with van der Waals surface area (Å²) >= 11 is 0. The fourth-order valence-electron chi connectivity index (χ4n) is 1.94. The molecule has 1 atom stereocenters. The maximum atomic E-state index is 13.6. The Kier molecular flexibility index (Phi) is 7.00. The van der Waals surface area contributed by atoms with Crippen LogP contribution < -0.4 is 5.73 Å². The van der Waals surface area contributed by atoms with Crippen molar-refractivity contribution >= 4 is 11.9 Å². The normalized spacial score (nSPS) is 11.2. The number of hydrogen-bond donors (Lipinski definition) is 3. The molecule has 7 heteroatoms. The molecule has 24 heavy (non-hydrogen) atoms. The van der Waals surface area contributed by atoms with Gasteiger partial charge in [0.25, 0.3) is 5.97 Å². The molecule has 2 rings (SSSR count). The average molecular weight is 337 g/mol. The summed E-state index contributed by atoms with van der Waals surface area (Å²) in [6.07, 6.45) is -0.176. The zero-order valence-corrected chi connectivity index (χ0v) is 12.9. The Bertz CT molecular complexity index is 713. The molecule has 2 aromatic rings. The summed E-state index contributed by atoms with van der Waals surface area (Å²) in [7, 11) is 0. The van der Waals surface area contributed by atoms with Gasteiger partial charge in [0.05, 0.1) is 6.42 Å². The summed E-state index contributed by atoms with van der Waals surface area (Å²) in [4.78, 5) is 19.6. The molecule has 128 valence electrons. The lowest BCUT2D eigenvalue weighted by molar-refractivity contribution is -0.137. The van der Waals surface area contributed by atoms with Crippen molar-refractivity contribution in [3.63, 3.8) is 0 Å². The largest absolute Gasteiger partial charge is 0.481 e. The highest BCUT2D eigenvalue weighted by Gasteiger charge is 2.11. The van der Waals surface area contributed by atoms with Crippen LogP contribution in [0, 0.1) is 11.6 Å². The van der Waals surface area contributed by atoms with Gasteiger partial charge < -0.3 is 15.9 Å². The molecule has 0 aliphatic heterocycles. The van der Waals surface area contributed by atoms with Crippen LogP contribution in [0.2, 0.25) is 0 Å². The zero-order chi connectivity index (χ0) is 18.3. The smallest absolute Gasteiger partial charge is 0.305 e. The molecule has 0 aromatic heterocycles. The van der Waals surface area contributed by atoms with Gasteiger partial charge >= 0.3 is 5.97 Å². The highest BCUT2D eigenvalue weighted by atomic mass is 19.1. The van der Waals surface area contributed by atoms with E-state index in [1.54, 1.807) is 24.3 Å². The molecule has 5 nitrogen and oxygen atoms in total. The van der Waals surface area contributed by atoms with Crippen LogP contribution in [0.4, 0.5) is 8.78 Å². The third-order valence-corrected chi connectivity index (χ3v) is 2.98. The molecule has 0 saturated heterocycles. The van der Waals surface area contributed by atoms with Crippen molar-refractivity contribution in [1.29, 1.82) is 0 Å². The molecule has 0 heterocycles. The predicted molar refractivity (Wildman–Crippen MR) is 84.3 cm³/mol. The summed E-state index contributed by atoms with van der Waals surface area (Å²) in [6.45, 7) is 1.08. The van der Waals surface area contributed by atoms with Crippen molar-refractivity contribution in [3.05, 3.63) is 59.7 Å². The van der Waals surface area contributed by atoms with Crippen molar-refractivity contribution in [2.75, 3.05) is 0 Å². The molecule has 0 aliphatic rings. The number of carboxylic acid groups (broad SMARTS) is 2. The molecule has 0 fully saturated rings. The molecule has 2 aromatic carbocycles. The first-order valence-electron chi connectivity index (χ1n) is 6.93. The van der Waals surface area contributed by atoms with Crippen molar-refractivity contribution < 1.29 is 28.6 Å². The second kappa shape index (κ2) is 8.73. The van der Waals surface area contributed by atoms with Crippen LogP contribution >= 0.6 is 0 Å². The third kappa shape index (κ3) is 6.13. The van der Waals surface area contributed by atoms with Gasteiger partial charge in [-0.25, -0.2) is 8.78 Å². The standard InChI is InChI=1S/C15H13F2NO2.C2H4O2/c16-11-5-6-12(13(17)7-11)9-1-3-10(4-2-9)14(18)8-15(19)20;1-2(3)4/h1-7,14H,8,18H2,(H,19,20);1H3,(H,3,4)/t14-;/m0./s1. The van der Waals surface area contributed by atoms with Crippen LogP contribution in [0.25, 0.3) is 11.1 Å². The number of hydrogen-bond acceptors (Lipinski definition) is 3. The van der Waals surface area contributed by atoms with Crippen LogP contribution in [-0.2, 0) is 9.59 Å². The summed E-state index contributed by atoms with van der Waals surface area (Å²) < 4.78 is 26.5. The van der Waals surface area contributed by atoms with Gasteiger partial charge in [-0.2, -0.15) is 0 Å². The SMILES string of the molecule is CC(=O)O.N[C@@H](CC(=O)O)c1ccc(-c2ccc(F)cc2F)cc1. The van der Waals surface area contributed by atoms with Crippen LogP contribution in [0.15, 0.2) is 42.5 Å². The second-order valence-electron chi connectivity index (χ2n) is 4.97. The van der Waals surface area contributed by atoms with Crippen molar-refractivity contribution in [1.82, 2.24) is 0 Å². The summed E-state index contributed by atoms with van der Waals surface area (Å²) in [5.41, 5.74) is 7.24. The fraction of sp³-hybridized carbons (Fsp3) is 0.176. The molecule has 0 unspecified atom stereocenters. The van der Waals surface area contributed by atoms with Crippen LogP contribution in [-0.4, -0.2) is 22.2 Å². The van der Waals surface area contributed by atoms with Crippen molar-refractivity contribution in [2.45, 2.75) is 19.4 Å². The Morgan fingerprint density at radius 1 is 1.08 bits per heavy atom. The van der Waals surface area contributed by atoms with E-state index in [9.17, 15) is 13.6 Å². The van der Waals surface area contributed by atoms with Gasteiger partial charge in [-0.3, -0.25) is 9.59 Å². The first kappa shape index (κ1) is 19.2. The van der Waals surface area contributed by atoms with E-state index in [0.717, 1.165) is 13.0 Å². The summed E-state index contributed by atoms with van der Waals surface area (Å²) in [6, 6.07) is 9.30. The quantitative estimate of drug-likeness (QED) is 0.795. The van der Waals surface area contributed by atoms with Gasteiger partial charge in [-0.15, -0.1) is 0 Å². The molecule has 0 spiro atoms. The Balaban J connectivity index is 0.000000648. The Hall–Kier alpha value is -2.80. The lowest BCUT2D eigenvalue weighted by Gasteiger charge is -2.10. The third-order valence-electron chi connectivity index (χ3n) is 2.98. The molecule has 4 N–H and O–H groups in total. The Morgan fingerprint density at radius 3 is 2.08 bits per heavy atom. The minimum atomic E-state index is -0.980. The minimum absolute atomic E-state index is 0.176. The van der Waals surface area contributed by atoms with E-state index >= 15 is 0 Å². The number of nitrogens with two attached hydrogens (primary N) is 1. The van der Waals surface area contributed by atoms with E-state index in [2.05, 4.69) is 0 Å². The van der Waals surface area contributed by atoms with E-state index in [1.165, 1.54) is 12.1 Å². The van der Waals surface area contributed by atoms with Crippen molar-refractivity contribution in [3.8, 4) is 11.1 Å². The monoisotopic (exact) mass is 337 g/mol. The van der Waals surface area contributed by atoms with Gasteiger partial charge in [0, 0.05) is 24.6 Å². The first-order chi connectivity index (χ1) is 11.2. The maximum Gasteiger partial charge on any atom is 0.305 e. The lowest BCUT2D eigenvalue weighted by atomic mass is 9.99. The van der Waals surface area contributed by atoms with Crippen LogP contribution in [0.3, 0.4) is 0 Å². The van der Waals surface area contributed by atoms with E-state index in [-0.39, 0.29) is 12.0 Å².